The second-order valence-corrected chi connectivity index (χ2v) is 8.19. The molecule has 4 rings (SSSR count). The van der Waals surface area contributed by atoms with Crippen LogP contribution in [0.4, 0.5) is 0 Å². The molecule has 2 heterocycles. The molecule has 1 aliphatic heterocycles. The summed E-state index contributed by atoms with van der Waals surface area (Å²) in [6.07, 6.45) is 5.80. The lowest BCUT2D eigenvalue weighted by atomic mass is 9.94. The first-order valence-corrected chi connectivity index (χ1v) is 11.7. The topological polar surface area (TPSA) is 103 Å². The molecule has 1 amide bonds. The number of para-hydroxylation sites is 1. The normalized spacial score (nSPS) is 16.9. The lowest BCUT2D eigenvalue weighted by molar-refractivity contribution is -0.140. The molecule has 36 heavy (non-hydrogen) atoms. The SMILES string of the molecule is CCOc1ccc(C(O)=C2C(=O)C(=O)N(CCCn3ccnc3)[C@@H]2c2cccc(OC)c2OC)cc1. The fourth-order valence-electron chi connectivity index (χ4n) is 4.44. The number of rotatable bonds is 10. The number of hydrogen-bond donors (Lipinski definition) is 1. The van der Waals surface area contributed by atoms with Crippen molar-refractivity contribution in [3.05, 3.63) is 77.9 Å². The number of imidazole rings is 1. The largest absolute Gasteiger partial charge is 0.507 e. The number of likely N-dealkylation sites (tertiary alicyclic amines) is 1. The number of aromatic nitrogens is 2. The highest BCUT2D eigenvalue weighted by atomic mass is 16.5. The quantitative estimate of drug-likeness (QED) is 0.261. The van der Waals surface area contributed by atoms with Gasteiger partial charge >= 0.3 is 0 Å². The molecule has 9 nitrogen and oxygen atoms in total. The van der Waals surface area contributed by atoms with Gasteiger partial charge in [-0.25, -0.2) is 4.98 Å². The maximum Gasteiger partial charge on any atom is 0.295 e. The molecule has 1 saturated heterocycles. The maximum absolute atomic E-state index is 13.3. The Bertz CT molecular complexity index is 1250. The summed E-state index contributed by atoms with van der Waals surface area (Å²) >= 11 is 0. The summed E-state index contributed by atoms with van der Waals surface area (Å²) in [7, 11) is 3.02. The average molecular weight is 492 g/mol. The van der Waals surface area contributed by atoms with E-state index in [0.29, 0.717) is 47.9 Å². The fourth-order valence-corrected chi connectivity index (χ4v) is 4.44. The first-order chi connectivity index (χ1) is 17.5. The number of aryl methyl sites for hydroxylation is 1. The number of aliphatic hydroxyl groups excluding tert-OH is 1. The van der Waals surface area contributed by atoms with Gasteiger partial charge in [-0.15, -0.1) is 0 Å². The molecule has 1 N–H and O–H groups in total. The number of aliphatic hydroxyl groups is 1. The van der Waals surface area contributed by atoms with Gasteiger partial charge in [-0.1, -0.05) is 12.1 Å². The third kappa shape index (κ3) is 4.77. The Labute approximate surface area is 209 Å². The number of hydrogen-bond acceptors (Lipinski definition) is 7. The summed E-state index contributed by atoms with van der Waals surface area (Å²) < 4.78 is 18.5. The third-order valence-corrected chi connectivity index (χ3v) is 6.08. The van der Waals surface area contributed by atoms with E-state index in [9.17, 15) is 14.7 Å². The zero-order valence-corrected chi connectivity index (χ0v) is 20.5. The Morgan fingerprint density at radius 1 is 1.06 bits per heavy atom. The van der Waals surface area contributed by atoms with Crippen LogP contribution in [0.3, 0.4) is 0 Å². The third-order valence-electron chi connectivity index (χ3n) is 6.08. The molecule has 0 bridgehead atoms. The number of ether oxygens (including phenoxy) is 3. The van der Waals surface area contributed by atoms with Crippen molar-refractivity contribution in [3.63, 3.8) is 0 Å². The van der Waals surface area contributed by atoms with Crippen molar-refractivity contribution in [2.24, 2.45) is 0 Å². The minimum absolute atomic E-state index is 0.00153. The zero-order chi connectivity index (χ0) is 25.7. The molecular formula is C27H29N3O6. The second-order valence-electron chi connectivity index (χ2n) is 8.19. The molecular weight excluding hydrogens is 462 g/mol. The van der Waals surface area contributed by atoms with Crippen LogP contribution in [-0.2, 0) is 16.1 Å². The molecule has 0 saturated carbocycles. The smallest absolute Gasteiger partial charge is 0.295 e. The lowest BCUT2D eigenvalue weighted by Crippen LogP contribution is -2.31. The Balaban J connectivity index is 1.79. The van der Waals surface area contributed by atoms with Crippen molar-refractivity contribution in [2.75, 3.05) is 27.4 Å². The number of methoxy groups -OCH3 is 2. The summed E-state index contributed by atoms with van der Waals surface area (Å²) in [6.45, 7) is 3.28. The van der Waals surface area contributed by atoms with Gasteiger partial charge in [0.1, 0.15) is 11.5 Å². The predicted octanol–water partition coefficient (Wildman–Crippen LogP) is 3.81. The number of nitrogens with zero attached hydrogens (tertiary/aromatic N) is 3. The molecule has 3 aromatic rings. The highest BCUT2D eigenvalue weighted by Crippen LogP contribution is 2.45. The summed E-state index contributed by atoms with van der Waals surface area (Å²) in [5.74, 6) is -0.200. The van der Waals surface area contributed by atoms with Crippen molar-refractivity contribution in [2.45, 2.75) is 25.9 Å². The van der Waals surface area contributed by atoms with E-state index in [0.717, 1.165) is 0 Å². The van der Waals surface area contributed by atoms with Crippen LogP contribution in [0.1, 0.15) is 30.5 Å². The van der Waals surface area contributed by atoms with E-state index in [1.54, 1.807) is 55.0 Å². The molecule has 1 fully saturated rings. The molecule has 0 spiro atoms. The van der Waals surface area contributed by atoms with Gasteiger partial charge in [-0.05, 0) is 43.7 Å². The molecule has 0 radical (unpaired) electrons. The van der Waals surface area contributed by atoms with Gasteiger partial charge in [0.15, 0.2) is 11.5 Å². The van der Waals surface area contributed by atoms with Gasteiger partial charge in [0.05, 0.1) is 38.8 Å². The summed E-state index contributed by atoms with van der Waals surface area (Å²) in [5.41, 5.74) is 0.950. The fraction of sp³-hybridized carbons (Fsp3) is 0.296. The van der Waals surface area contributed by atoms with E-state index < -0.39 is 17.7 Å². The summed E-state index contributed by atoms with van der Waals surface area (Å²) in [4.78, 5) is 32.1. The summed E-state index contributed by atoms with van der Waals surface area (Å²) in [6, 6.07) is 11.1. The van der Waals surface area contributed by atoms with Crippen molar-refractivity contribution in [3.8, 4) is 17.2 Å². The van der Waals surface area contributed by atoms with Crippen LogP contribution in [0.2, 0.25) is 0 Å². The van der Waals surface area contributed by atoms with Crippen LogP contribution in [0.15, 0.2) is 66.8 Å². The Kier molecular flexibility index (Phi) is 7.58. The first-order valence-electron chi connectivity index (χ1n) is 11.7. The van der Waals surface area contributed by atoms with Gasteiger partial charge in [0, 0.05) is 36.6 Å². The number of carbonyl (C=O) groups excluding carboxylic acids is 2. The van der Waals surface area contributed by atoms with Crippen LogP contribution in [0.25, 0.3) is 5.76 Å². The molecule has 0 aliphatic carbocycles. The molecule has 2 aromatic carbocycles. The number of ketones is 1. The van der Waals surface area contributed by atoms with Crippen LogP contribution in [-0.4, -0.2) is 58.6 Å². The van der Waals surface area contributed by atoms with E-state index in [-0.39, 0.29) is 17.9 Å². The Hall–Kier alpha value is -4.27. The Morgan fingerprint density at radius 3 is 2.47 bits per heavy atom. The maximum atomic E-state index is 13.3. The summed E-state index contributed by atoms with van der Waals surface area (Å²) in [5, 5.41) is 11.3. The number of benzene rings is 2. The molecule has 1 atom stereocenters. The van der Waals surface area contributed by atoms with E-state index in [1.807, 2.05) is 17.7 Å². The molecule has 188 valence electrons. The van der Waals surface area contributed by atoms with Crippen LogP contribution in [0, 0.1) is 0 Å². The van der Waals surface area contributed by atoms with Crippen LogP contribution in [0.5, 0.6) is 17.2 Å². The van der Waals surface area contributed by atoms with E-state index in [1.165, 1.54) is 19.1 Å². The van der Waals surface area contributed by atoms with Crippen LogP contribution >= 0.6 is 0 Å². The molecule has 1 aromatic heterocycles. The van der Waals surface area contributed by atoms with Gasteiger partial charge in [0.25, 0.3) is 11.7 Å². The Morgan fingerprint density at radius 2 is 1.83 bits per heavy atom. The van der Waals surface area contributed by atoms with Gasteiger partial charge < -0.3 is 28.8 Å². The number of Topliss-reactive ketones (excluding diaryl/α,β-unsaturated/α-hetero) is 1. The van der Waals surface area contributed by atoms with E-state index >= 15 is 0 Å². The number of carbonyl (C=O) groups is 2. The molecule has 1 aliphatic rings. The van der Waals surface area contributed by atoms with Gasteiger partial charge in [-0.2, -0.15) is 0 Å². The molecule has 0 unspecified atom stereocenters. The first kappa shape index (κ1) is 24.8. The highest BCUT2D eigenvalue weighted by Gasteiger charge is 2.47. The lowest BCUT2D eigenvalue weighted by Gasteiger charge is -2.27. The van der Waals surface area contributed by atoms with Gasteiger partial charge in [0.2, 0.25) is 0 Å². The van der Waals surface area contributed by atoms with Crippen molar-refractivity contribution in [1.29, 1.82) is 0 Å². The number of amides is 1. The zero-order valence-electron chi connectivity index (χ0n) is 20.5. The predicted molar refractivity (Wildman–Crippen MR) is 133 cm³/mol. The van der Waals surface area contributed by atoms with Gasteiger partial charge in [-0.3, -0.25) is 9.59 Å². The minimum Gasteiger partial charge on any atom is -0.507 e. The monoisotopic (exact) mass is 491 g/mol. The highest BCUT2D eigenvalue weighted by molar-refractivity contribution is 6.46. The van der Waals surface area contributed by atoms with Crippen LogP contribution < -0.4 is 14.2 Å². The standard InChI is InChI=1S/C27H29N3O6/c1-4-36-19-11-9-18(10-12-19)24(31)22-23(20-7-5-8-21(34-2)26(20)35-3)30(27(33)25(22)32)15-6-14-29-16-13-28-17-29/h5,7-13,16-17,23,31H,4,6,14-15H2,1-3H3/t23-/m1/s1. The van der Waals surface area contributed by atoms with E-state index in [2.05, 4.69) is 4.98 Å². The second kappa shape index (κ2) is 11.0. The van der Waals surface area contributed by atoms with Crippen molar-refractivity contribution >= 4 is 17.4 Å². The van der Waals surface area contributed by atoms with Crippen molar-refractivity contribution in [1.82, 2.24) is 14.5 Å². The molecule has 9 heteroatoms. The van der Waals surface area contributed by atoms with Crippen molar-refractivity contribution < 1.29 is 28.9 Å². The minimum atomic E-state index is -0.857. The average Bonchev–Trinajstić information content (AvgIpc) is 3.50. The van der Waals surface area contributed by atoms with E-state index in [4.69, 9.17) is 14.2 Å².